The zero-order chi connectivity index (χ0) is 17.2. The summed E-state index contributed by atoms with van der Waals surface area (Å²) in [6.45, 7) is 2.01. The largest absolute Gasteiger partial charge is 0.479 e. The third-order valence-electron chi connectivity index (χ3n) is 3.86. The number of nitrogens with zero attached hydrogens (tertiary/aromatic N) is 4. The Hall–Kier alpha value is -2.81. The van der Waals surface area contributed by atoms with Gasteiger partial charge < -0.3 is 15.2 Å². The Balaban J connectivity index is 1.67. The Kier molecular flexibility index (Phi) is 4.26. The molecule has 1 aliphatic heterocycles. The topological polar surface area (TPSA) is 119 Å². The van der Waals surface area contributed by atoms with Gasteiger partial charge in [-0.1, -0.05) is 29.8 Å². The lowest BCUT2D eigenvalue weighted by molar-refractivity contribution is -0.147. The highest BCUT2D eigenvalue weighted by molar-refractivity contribution is 5.87. The summed E-state index contributed by atoms with van der Waals surface area (Å²) < 4.78 is 5.10. The van der Waals surface area contributed by atoms with Crippen molar-refractivity contribution in [1.82, 2.24) is 25.5 Å². The summed E-state index contributed by atoms with van der Waals surface area (Å²) in [5.74, 6) is -1.21. The molecule has 1 aromatic carbocycles. The van der Waals surface area contributed by atoms with Gasteiger partial charge in [-0.3, -0.25) is 4.79 Å². The van der Waals surface area contributed by atoms with Crippen LogP contribution in [0.25, 0.3) is 11.4 Å². The Bertz CT molecular complexity index is 749. The van der Waals surface area contributed by atoms with Crippen LogP contribution in [0.15, 0.2) is 24.3 Å². The monoisotopic (exact) mass is 331 g/mol. The van der Waals surface area contributed by atoms with Crippen LogP contribution in [0, 0.1) is 6.92 Å². The highest BCUT2D eigenvalue weighted by atomic mass is 16.5. The second-order valence-electron chi connectivity index (χ2n) is 5.75. The first-order valence-electron chi connectivity index (χ1n) is 7.45. The van der Waals surface area contributed by atoms with Crippen molar-refractivity contribution in [1.29, 1.82) is 0 Å². The molecule has 0 saturated carbocycles. The number of ether oxygens (including phenoxy) is 1. The maximum Gasteiger partial charge on any atom is 0.331 e. The molecule has 24 heavy (non-hydrogen) atoms. The van der Waals surface area contributed by atoms with E-state index in [4.69, 9.17) is 4.74 Å². The molecule has 1 aliphatic rings. The number of carboxylic acids is 1. The number of amides is 1. The van der Waals surface area contributed by atoms with E-state index < -0.39 is 17.4 Å². The van der Waals surface area contributed by atoms with Crippen LogP contribution in [-0.4, -0.2) is 55.9 Å². The predicted molar refractivity (Wildman–Crippen MR) is 81.9 cm³/mol. The average Bonchev–Trinajstić information content (AvgIpc) is 3.18. The Morgan fingerprint density at radius 1 is 1.38 bits per heavy atom. The second-order valence-corrected chi connectivity index (χ2v) is 5.75. The summed E-state index contributed by atoms with van der Waals surface area (Å²) in [5, 5.41) is 23.7. The molecule has 9 heteroatoms. The van der Waals surface area contributed by atoms with Crippen LogP contribution in [0.5, 0.6) is 0 Å². The minimum atomic E-state index is -1.38. The number of rotatable bonds is 5. The van der Waals surface area contributed by atoms with Crippen LogP contribution in [-0.2, 0) is 20.9 Å². The lowest BCUT2D eigenvalue weighted by Gasteiger charge is -2.23. The number of benzene rings is 1. The number of nitrogens with one attached hydrogen (secondary N) is 1. The molecule has 1 aromatic heterocycles. The van der Waals surface area contributed by atoms with Crippen molar-refractivity contribution in [2.75, 3.05) is 13.2 Å². The zero-order valence-electron chi connectivity index (χ0n) is 13.1. The lowest BCUT2D eigenvalue weighted by atomic mass is 9.99. The molecule has 1 amide bonds. The summed E-state index contributed by atoms with van der Waals surface area (Å²) in [6, 6.07) is 7.59. The number of aryl methyl sites for hydroxylation is 1. The fourth-order valence-electron chi connectivity index (χ4n) is 2.45. The first-order valence-corrected chi connectivity index (χ1v) is 7.45. The summed E-state index contributed by atoms with van der Waals surface area (Å²) in [5.41, 5.74) is 0.527. The Morgan fingerprint density at radius 3 is 2.75 bits per heavy atom. The average molecular weight is 331 g/mol. The van der Waals surface area contributed by atoms with E-state index in [0.29, 0.717) is 12.4 Å². The van der Waals surface area contributed by atoms with Crippen molar-refractivity contribution < 1.29 is 19.4 Å². The molecular formula is C15H17N5O4. The van der Waals surface area contributed by atoms with Crippen LogP contribution in [0.4, 0.5) is 0 Å². The zero-order valence-corrected chi connectivity index (χ0v) is 13.1. The van der Waals surface area contributed by atoms with E-state index in [9.17, 15) is 14.7 Å². The van der Waals surface area contributed by atoms with Crippen molar-refractivity contribution in [3.05, 3.63) is 29.8 Å². The van der Waals surface area contributed by atoms with Gasteiger partial charge in [-0.2, -0.15) is 4.80 Å². The minimum Gasteiger partial charge on any atom is -0.479 e. The van der Waals surface area contributed by atoms with Crippen LogP contribution in [0.2, 0.25) is 0 Å². The number of hydrogen-bond donors (Lipinski definition) is 2. The van der Waals surface area contributed by atoms with E-state index in [2.05, 4.69) is 20.7 Å². The van der Waals surface area contributed by atoms with Gasteiger partial charge in [0.2, 0.25) is 11.7 Å². The Morgan fingerprint density at radius 2 is 2.12 bits per heavy atom. The van der Waals surface area contributed by atoms with Crippen molar-refractivity contribution >= 4 is 11.9 Å². The normalized spacial score (nSPS) is 20.0. The van der Waals surface area contributed by atoms with Crippen LogP contribution in [0.3, 0.4) is 0 Å². The van der Waals surface area contributed by atoms with Gasteiger partial charge in [-0.05, 0) is 12.1 Å². The molecule has 2 N–H and O–H groups in total. The van der Waals surface area contributed by atoms with E-state index in [-0.39, 0.29) is 19.6 Å². The number of carbonyl (C=O) groups is 2. The SMILES string of the molecule is Cc1ccc(-c2nnn(CC(=O)NC3(C(=O)O)CCOC3)n2)cc1. The number of aromatic nitrogens is 4. The molecular weight excluding hydrogens is 314 g/mol. The summed E-state index contributed by atoms with van der Waals surface area (Å²) in [7, 11) is 0. The highest BCUT2D eigenvalue weighted by Crippen LogP contribution is 2.19. The van der Waals surface area contributed by atoms with Crippen molar-refractivity contribution in [3.63, 3.8) is 0 Å². The van der Waals surface area contributed by atoms with Gasteiger partial charge in [0.05, 0.1) is 6.61 Å². The van der Waals surface area contributed by atoms with E-state index in [0.717, 1.165) is 15.9 Å². The van der Waals surface area contributed by atoms with Crippen LogP contribution in [0.1, 0.15) is 12.0 Å². The van der Waals surface area contributed by atoms with Crippen LogP contribution >= 0.6 is 0 Å². The molecule has 1 unspecified atom stereocenters. The maximum absolute atomic E-state index is 12.1. The van der Waals surface area contributed by atoms with Crippen LogP contribution < -0.4 is 5.32 Å². The number of carbonyl (C=O) groups excluding carboxylic acids is 1. The molecule has 2 heterocycles. The quantitative estimate of drug-likeness (QED) is 0.792. The molecule has 3 rings (SSSR count). The van der Waals surface area contributed by atoms with Gasteiger partial charge in [0.1, 0.15) is 6.54 Å². The van der Waals surface area contributed by atoms with Crippen molar-refractivity contribution in [2.45, 2.75) is 25.4 Å². The lowest BCUT2D eigenvalue weighted by Crippen LogP contribution is -2.56. The Labute approximate surface area is 137 Å². The molecule has 0 radical (unpaired) electrons. The van der Waals surface area contributed by atoms with Gasteiger partial charge in [-0.15, -0.1) is 10.2 Å². The maximum atomic E-state index is 12.1. The summed E-state index contributed by atoms with van der Waals surface area (Å²) >= 11 is 0. The standard InChI is InChI=1S/C15H17N5O4/c1-10-2-4-11(5-3-10)13-17-19-20(18-13)8-12(21)16-15(14(22)23)6-7-24-9-15/h2-5H,6-9H2,1H3,(H,16,21)(H,22,23). The summed E-state index contributed by atoms with van der Waals surface area (Å²) in [4.78, 5) is 24.6. The summed E-state index contributed by atoms with van der Waals surface area (Å²) in [6.07, 6.45) is 0.230. The fourth-order valence-corrected chi connectivity index (χ4v) is 2.45. The molecule has 2 aromatic rings. The van der Waals surface area contributed by atoms with Crippen molar-refractivity contribution in [3.8, 4) is 11.4 Å². The van der Waals surface area contributed by atoms with E-state index in [1.165, 1.54) is 0 Å². The smallest absolute Gasteiger partial charge is 0.331 e. The molecule has 1 fully saturated rings. The molecule has 126 valence electrons. The van der Waals surface area contributed by atoms with Gasteiger partial charge in [0, 0.05) is 18.6 Å². The third kappa shape index (κ3) is 3.25. The third-order valence-corrected chi connectivity index (χ3v) is 3.86. The molecule has 1 saturated heterocycles. The second kappa shape index (κ2) is 6.36. The van der Waals surface area contributed by atoms with E-state index in [1.54, 1.807) is 0 Å². The van der Waals surface area contributed by atoms with Crippen molar-refractivity contribution in [2.24, 2.45) is 0 Å². The van der Waals surface area contributed by atoms with Gasteiger partial charge >= 0.3 is 5.97 Å². The number of hydrogen-bond acceptors (Lipinski definition) is 6. The van der Waals surface area contributed by atoms with Gasteiger partial charge in [-0.25, -0.2) is 4.79 Å². The molecule has 1 atom stereocenters. The molecule has 9 nitrogen and oxygen atoms in total. The van der Waals surface area contributed by atoms with Gasteiger partial charge in [0.15, 0.2) is 5.54 Å². The first kappa shape index (κ1) is 16.1. The predicted octanol–water partition coefficient (Wildman–Crippen LogP) is 0.00842. The molecule has 0 spiro atoms. The number of tetrazole rings is 1. The molecule has 0 aliphatic carbocycles. The van der Waals surface area contributed by atoms with E-state index in [1.807, 2.05) is 31.2 Å². The highest BCUT2D eigenvalue weighted by Gasteiger charge is 2.43. The van der Waals surface area contributed by atoms with Gasteiger partial charge in [0.25, 0.3) is 0 Å². The number of aliphatic carboxylic acids is 1. The number of carboxylic acid groups (broad SMARTS) is 1. The molecule has 0 bridgehead atoms. The first-order chi connectivity index (χ1) is 11.5. The fraction of sp³-hybridized carbons (Fsp3) is 0.400. The minimum absolute atomic E-state index is 0.0481. The van der Waals surface area contributed by atoms with E-state index >= 15 is 0 Å².